The molecule has 0 N–H and O–H groups in total. The molecule has 2 saturated heterocycles. The number of hydrogen-bond acceptors (Lipinski definition) is 8. The first-order chi connectivity index (χ1) is 20.9. The van der Waals surface area contributed by atoms with E-state index in [9.17, 15) is 18.4 Å². The maximum Gasteiger partial charge on any atom is 0.256 e. The van der Waals surface area contributed by atoms with Crippen LogP contribution in [0.4, 0.5) is 20.2 Å². The normalized spacial score (nSPS) is 23.7. The second-order valence-corrected chi connectivity index (χ2v) is 11.1. The lowest BCUT2D eigenvalue weighted by Gasteiger charge is -2.20. The van der Waals surface area contributed by atoms with Crippen molar-refractivity contribution in [3.05, 3.63) is 35.4 Å². The molecule has 2 aromatic carbocycles. The lowest BCUT2D eigenvalue weighted by atomic mass is 10.1. The van der Waals surface area contributed by atoms with Gasteiger partial charge in [-0.3, -0.25) is 19.6 Å². The standard InChI is InChI=1S/C31H34F2N4O6/c1-40-26-10-22-24(34-14-20-8-18(32)16-36(20)30(22)38)12-28(26)42-6-4-3-5-7-43-29-13-25-23(11-27(29)41-2)31(39)37-17-19(33)9-21(37)15-35-25/h10-15,18-21H,3-9,16-17H2,1-2H3/t18-,19-,20-,21-/m0/s1. The van der Waals surface area contributed by atoms with Gasteiger partial charge in [0.05, 0.1) is 75.1 Å². The van der Waals surface area contributed by atoms with E-state index in [0.717, 1.165) is 19.3 Å². The van der Waals surface area contributed by atoms with E-state index in [0.29, 0.717) is 58.7 Å². The lowest BCUT2D eigenvalue weighted by Crippen LogP contribution is -2.35. The molecule has 0 aliphatic carbocycles. The molecule has 4 heterocycles. The van der Waals surface area contributed by atoms with Gasteiger partial charge in [0, 0.05) is 37.4 Å². The van der Waals surface area contributed by atoms with Crippen LogP contribution >= 0.6 is 0 Å². The van der Waals surface area contributed by atoms with E-state index >= 15 is 0 Å². The third-order valence-corrected chi connectivity index (χ3v) is 8.21. The van der Waals surface area contributed by atoms with Crippen molar-refractivity contribution < 1.29 is 37.3 Å². The molecule has 2 aromatic rings. The Morgan fingerprint density at radius 2 is 1.14 bits per heavy atom. The van der Waals surface area contributed by atoms with Crippen LogP contribution < -0.4 is 18.9 Å². The van der Waals surface area contributed by atoms with Gasteiger partial charge < -0.3 is 28.7 Å². The van der Waals surface area contributed by atoms with E-state index in [4.69, 9.17) is 18.9 Å². The van der Waals surface area contributed by atoms with Crippen LogP contribution in [0, 0.1) is 0 Å². The van der Waals surface area contributed by atoms with Crippen LogP contribution in [0.2, 0.25) is 0 Å². The summed E-state index contributed by atoms with van der Waals surface area (Å²) in [6, 6.07) is 5.91. The molecule has 12 heteroatoms. The van der Waals surface area contributed by atoms with Crippen molar-refractivity contribution in [1.82, 2.24) is 9.80 Å². The molecule has 0 spiro atoms. The van der Waals surface area contributed by atoms with Gasteiger partial charge in [-0.2, -0.15) is 0 Å². The molecule has 0 aromatic heterocycles. The SMILES string of the molecule is COc1cc2c(cc1OCCCCCOc1cc3c(cc1OC)C(=O)N1C[C@@H](F)C[C@H]1C=N3)N=C[C@@H]1C[C@H](F)CN1C2=O. The van der Waals surface area contributed by atoms with Crippen molar-refractivity contribution in [2.75, 3.05) is 40.5 Å². The van der Waals surface area contributed by atoms with Crippen molar-refractivity contribution >= 4 is 35.6 Å². The quantitative estimate of drug-likeness (QED) is 0.363. The summed E-state index contributed by atoms with van der Waals surface area (Å²) in [7, 11) is 3.01. The summed E-state index contributed by atoms with van der Waals surface area (Å²) < 4.78 is 50.7. The van der Waals surface area contributed by atoms with Crippen LogP contribution in [0.25, 0.3) is 0 Å². The van der Waals surface area contributed by atoms with Gasteiger partial charge in [0.1, 0.15) is 12.3 Å². The zero-order chi connectivity index (χ0) is 30.1. The average molecular weight is 597 g/mol. The number of rotatable bonds is 10. The molecule has 2 amide bonds. The van der Waals surface area contributed by atoms with Crippen LogP contribution in [0.15, 0.2) is 34.3 Å². The summed E-state index contributed by atoms with van der Waals surface area (Å²) in [5.41, 5.74) is 1.69. The van der Waals surface area contributed by atoms with Gasteiger partial charge in [-0.25, -0.2) is 8.78 Å². The van der Waals surface area contributed by atoms with E-state index in [2.05, 4.69) is 9.98 Å². The van der Waals surface area contributed by atoms with Crippen LogP contribution in [0.3, 0.4) is 0 Å². The Morgan fingerprint density at radius 3 is 1.56 bits per heavy atom. The highest BCUT2D eigenvalue weighted by atomic mass is 19.1. The molecule has 4 atom stereocenters. The van der Waals surface area contributed by atoms with Gasteiger partial charge in [-0.05, 0) is 31.4 Å². The molecule has 228 valence electrons. The first-order valence-electron chi connectivity index (χ1n) is 14.5. The first kappa shape index (κ1) is 28.9. The number of fused-ring (bicyclic) bond motifs is 4. The third kappa shape index (κ3) is 5.74. The molecule has 0 radical (unpaired) electrons. The topological polar surface area (TPSA) is 102 Å². The molecule has 0 bridgehead atoms. The van der Waals surface area contributed by atoms with Crippen LogP contribution in [0.1, 0.15) is 52.8 Å². The number of hydrogen-bond donors (Lipinski definition) is 0. The second-order valence-electron chi connectivity index (χ2n) is 11.1. The molecule has 4 aliphatic heterocycles. The average Bonchev–Trinajstić information content (AvgIpc) is 3.51. The Bertz CT molecular complexity index is 1360. The van der Waals surface area contributed by atoms with Gasteiger partial charge in [0.2, 0.25) is 0 Å². The lowest BCUT2D eigenvalue weighted by molar-refractivity contribution is 0.0758. The predicted molar refractivity (Wildman–Crippen MR) is 156 cm³/mol. The first-order valence-corrected chi connectivity index (χ1v) is 14.5. The fraction of sp³-hybridized carbons (Fsp3) is 0.484. The van der Waals surface area contributed by atoms with Crippen LogP contribution in [0.5, 0.6) is 23.0 Å². The Morgan fingerprint density at radius 1 is 0.698 bits per heavy atom. The second kappa shape index (κ2) is 12.2. The predicted octanol–water partition coefficient (Wildman–Crippen LogP) is 4.87. The van der Waals surface area contributed by atoms with E-state index in [1.807, 2.05) is 0 Å². The Kier molecular flexibility index (Phi) is 8.18. The highest BCUT2D eigenvalue weighted by Gasteiger charge is 2.39. The Labute approximate surface area is 248 Å². The van der Waals surface area contributed by atoms with Gasteiger partial charge >= 0.3 is 0 Å². The minimum absolute atomic E-state index is 0.0627. The number of benzene rings is 2. The monoisotopic (exact) mass is 596 g/mol. The molecule has 0 saturated carbocycles. The number of unbranched alkanes of at least 4 members (excludes halogenated alkanes) is 2. The largest absolute Gasteiger partial charge is 0.493 e. The number of methoxy groups -OCH3 is 2. The van der Waals surface area contributed by atoms with Crippen molar-refractivity contribution in [1.29, 1.82) is 0 Å². The minimum Gasteiger partial charge on any atom is -0.493 e. The van der Waals surface area contributed by atoms with Crippen molar-refractivity contribution in [2.45, 2.75) is 56.5 Å². The molecule has 43 heavy (non-hydrogen) atoms. The van der Waals surface area contributed by atoms with E-state index in [-0.39, 0.29) is 49.8 Å². The summed E-state index contributed by atoms with van der Waals surface area (Å²) in [5.74, 6) is 1.29. The van der Waals surface area contributed by atoms with E-state index in [1.54, 1.807) is 36.7 Å². The summed E-state index contributed by atoms with van der Waals surface area (Å²) in [4.78, 5) is 38.0. The van der Waals surface area contributed by atoms with Crippen molar-refractivity contribution in [3.8, 4) is 23.0 Å². The number of ether oxygens (including phenoxy) is 4. The van der Waals surface area contributed by atoms with E-state index < -0.39 is 12.3 Å². The summed E-state index contributed by atoms with van der Waals surface area (Å²) >= 11 is 0. The molecule has 4 aliphatic rings. The summed E-state index contributed by atoms with van der Waals surface area (Å²) in [5, 5.41) is 0. The fourth-order valence-electron chi connectivity index (χ4n) is 5.96. The molecule has 10 nitrogen and oxygen atoms in total. The number of amides is 2. The number of halogens is 2. The summed E-state index contributed by atoms with van der Waals surface area (Å²) in [6.45, 7) is 0.962. The molecule has 6 rings (SSSR count). The van der Waals surface area contributed by atoms with Crippen LogP contribution in [-0.2, 0) is 0 Å². The Hall–Kier alpha value is -4.22. The van der Waals surface area contributed by atoms with Gasteiger partial charge in [-0.15, -0.1) is 0 Å². The zero-order valence-corrected chi connectivity index (χ0v) is 24.1. The van der Waals surface area contributed by atoms with Crippen LogP contribution in [-0.4, -0.2) is 99.0 Å². The van der Waals surface area contributed by atoms with Crippen molar-refractivity contribution in [3.63, 3.8) is 0 Å². The van der Waals surface area contributed by atoms with E-state index in [1.165, 1.54) is 24.0 Å². The van der Waals surface area contributed by atoms with Gasteiger partial charge in [0.25, 0.3) is 11.8 Å². The highest BCUT2D eigenvalue weighted by Crippen LogP contribution is 2.40. The zero-order valence-electron chi connectivity index (χ0n) is 24.1. The fourth-order valence-corrected chi connectivity index (χ4v) is 5.96. The number of carbonyl (C=O) groups excluding carboxylic acids is 2. The Balaban J connectivity index is 1.02. The number of alkyl halides is 2. The maximum atomic E-state index is 13.9. The van der Waals surface area contributed by atoms with Crippen molar-refractivity contribution in [2.24, 2.45) is 9.98 Å². The van der Waals surface area contributed by atoms with Gasteiger partial charge in [-0.1, -0.05) is 0 Å². The number of nitrogens with zero attached hydrogens (tertiary/aromatic N) is 4. The minimum atomic E-state index is -1.05. The highest BCUT2D eigenvalue weighted by molar-refractivity contribution is 6.04. The van der Waals surface area contributed by atoms with Gasteiger partial charge in [0.15, 0.2) is 23.0 Å². The summed E-state index contributed by atoms with van der Waals surface area (Å²) in [6.07, 6.45) is 3.97. The third-order valence-electron chi connectivity index (χ3n) is 8.21. The smallest absolute Gasteiger partial charge is 0.256 e. The molecule has 0 unspecified atom stereocenters. The molecular formula is C31H34F2N4O6. The molecular weight excluding hydrogens is 562 g/mol. The number of aliphatic imine (C=N–C) groups is 2. The maximum absolute atomic E-state index is 13.9. The molecule has 2 fully saturated rings. The number of carbonyl (C=O) groups is 2.